The van der Waals surface area contributed by atoms with Gasteiger partial charge in [-0.3, -0.25) is 9.97 Å². The molecule has 3 heterocycles. The molecule has 0 amide bonds. The monoisotopic (exact) mass is 420 g/mol. The molecule has 0 spiro atoms. The third-order valence-electron chi connectivity index (χ3n) is 6.01. The zero-order valence-electron chi connectivity index (χ0n) is 18.0. The van der Waals surface area contributed by atoms with Crippen LogP contribution in [0.15, 0.2) is 72.9 Å². The largest absolute Gasteiger partial charge is 0.489 e. The number of hydrogen-bond donors (Lipinski definition) is 0. The highest BCUT2D eigenvalue weighted by atomic mass is 16.5. The van der Waals surface area contributed by atoms with Gasteiger partial charge in [0.2, 0.25) is 0 Å². The lowest BCUT2D eigenvalue weighted by atomic mass is 10.0. The van der Waals surface area contributed by atoms with Gasteiger partial charge in [0.15, 0.2) is 0 Å². The van der Waals surface area contributed by atoms with Crippen LogP contribution in [0.4, 0.5) is 5.69 Å². The lowest BCUT2D eigenvalue weighted by Crippen LogP contribution is -2.20. The van der Waals surface area contributed by atoms with Gasteiger partial charge in [-0.05, 0) is 61.4 Å². The predicted octanol–water partition coefficient (Wildman–Crippen LogP) is 5.38. The minimum absolute atomic E-state index is 0.452. The predicted molar refractivity (Wildman–Crippen MR) is 126 cm³/mol. The summed E-state index contributed by atoms with van der Waals surface area (Å²) in [6, 6.07) is 24.1. The molecule has 158 valence electrons. The van der Waals surface area contributed by atoms with E-state index >= 15 is 0 Å². The Morgan fingerprint density at radius 3 is 2.75 bits per heavy atom. The van der Waals surface area contributed by atoms with Crippen molar-refractivity contribution in [2.75, 3.05) is 18.0 Å². The van der Waals surface area contributed by atoms with Crippen LogP contribution in [0.5, 0.6) is 5.75 Å². The van der Waals surface area contributed by atoms with Crippen LogP contribution in [0, 0.1) is 18.3 Å². The third kappa shape index (κ3) is 4.13. The molecule has 5 heteroatoms. The van der Waals surface area contributed by atoms with Gasteiger partial charge in [0, 0.05) is 53.7 Å². The molecule has 1 atom stereocenters. The molecule has 0 radical (unpaired) electrons. The van der Waals surface area contributed by atoms with E-state index in [4.69, 9.17) is 15.0 Å². The van der Waals surface area contributed by atoms with Crippen LogP contribution in [0.3, 0.4) is 0 Å². The summed E-state index contributed by atoms with van der Waals surface area (Å²) in [4.78, 5) is 11.8. The average molecular weight is 421 g/mol. The van der Waals surface area contributed by atoms with Crippen LogP contribution in [0.25, 0.3) is 10.9 Å². The quantitative estimate of drug-likeness (QED) is 0.434. The van der Waals surface area contributed by atoms with Gasteiger partial charge in [0.05, 0.1) is 17.1 Å². The SMILES string of the molecule is Cc1cc(N2CC[C@@H](c3ccccn3)C2)c2ccc(OCc3ccc(C#N)cc3)cc2n1. The Kier molecular flexibility index (Phi) is 5.43. The Bertz CT molecular complexity index is 1280. The molecule has 2 aromatic heterocycles. The van der Waals surface area contributed by atoms with Crippen molar-refractivity contribution in [2.45, 2.75) is 25.9 Å². The molecule has 5 nitrogen and oxygen atoms in total. The van der Waals surface area contributed by atoms with E-state index in [0.29, 0.717) is 18.1 Å². The molecule has 0 unspecified atom stereocenters. The van der Waals surface area contributed by atoms with Gasteiger partial charge in [0.1, 0.15) is 12.4 Å². The first-order valence-corrected chi connectivity index (χ1v) is 10.9. The van der Waals surface area contributed by atoms with Crippen LogP contribution in [-0.2, 0) is 6.61 Å². The van der Waals surface area contributed by atoms with Gasteiger partial charge >= 0.3 is 0 Å². The molecule has 0 N–H and O–H groups in total. The summed E-state index contributed by atoms with van der Waals surface area (Å²) in [5, 5.41) is 10.1. The molecule has 0 saturated carbocycles. The summed E-state index contributed by atoms with van der Waals surface area (Å²) in [5.74, 6) is 1.24. The molecule has 2 aromatic carbocycles. The Morgan fingerprint density at radius 1 is 1.09 bits per heavy atom. The van der Waals surface area contributed by atoms with Crippen LogP contribution in [0.2, 0.25) is 0 Å². The maximum atomic E-state index is 8.94. The van der Waals surface area contributed by atoms with Crippen molar-refractivity contribution in [3.05, 3.63) is 95.4 Å². The van der Waals surface area contributed by atoms with Crippen molar-refractivity contribution in [3.63, 3.8) is 0 Å². The fourth-order valence-electron chi connectivity index (χ4n) is 4.35. The number of pyridine rings is 2. The number of aryl methyl sites for hydroxylation is 1. The van der Waals surface area contributed by atoms with Gasteiger partial charge in [0.25, 0.3) is 0 Å². The zero-order valence-corrected chi connectivity index (χ0v) is 18.0. The van der Waals surface area contributed by atoms with Gasteiger partial charge in [-0.25, -0.2) is 0 Å². The number of rotatable bonds is 5. The van der Waals surface area contributed by atoms with Crippen molar-refractivity contribution in [1.82, 2.24) is 9.97 Å². The number of benzene rings is 2. The number of nitriles is 1. The van der Waals surface area contributed by atoms with Crippen LogP contribution >= 0.6 is 0 Å². The summed E-state index contributed by atoms with van der Waals surface area (Å²) in [7, 11) is 0. The standard InChI is InChI=1S/C27H24N4O/c1-19-14-27(31-13-11-22(17-31)25-4-2-3-12-29-25)24-10-9-23(15-26(24)30-19)32-18-21-7-5-20(16-28)6-8-21/h2-10,12,14-15,22H,11,13,17-18H2,1H3/t22-/m1/s1. The van der Waals surface area contributed by atoms with E-state index in [-0.39, 0.29) is 0 Å². The molecule has 1 saturated heterocycles. The number of aromatic nitrogens is 2. The fraction of sp³-hybridized carbons (Fsp3) is 0.222. The second kappa shape index (κ2) is 8.68. The summed E-state index contributed by atoms with van der Waals surface area (Å²) in [6.07, 6.45) is 2.98. The van der Waals surface area contributed by atoms with E-state index in [0.717, 1.165) is 47.4 Å². The Balaban J connectivity index is 1.36. The van der Waals surface area contributed by atoms with Crippen LogP contribution in [0.1, 0.15) is 34.9 Å². The van der Waals surface area contributed by atoms with Crippen molar-refractivity contribution in [2.24, 2.45) is 0 Å². The number of fused-ring (bicyclic) bond motifs is 1. The first-order valence-electron chi connectivity index (χ1n) is 10.9. The molecule has 1 aliphatic rings. The first kappa shape index (κ1) is 20.0. The second-order valence-corrected chi connectivity index (χ2v) is 8.25. The molecular weight excluding hydrogens is 396 g/mol. The first-order chi connectivity index (χ1) is 15.7. The highest BCUT2D eigenvalue weighted by molar-refractivity contribution is 5.93. The second-order valence-electron chi connectivity index (χ2n) is 8.25. The molecule has 0 bridgehead atoms. The van der Waals surface area contributed by atoms with Crippen molar-refractivity contribution in [1.29, 1.82) is 5.26 Å². The molecular formula is C27H24N4O. The number of hydrogen-bond acceptors (Lipinski definition) is 5. The van der Waals surface area contributed by atoms with E-state index in [1.54, 1.807) is 0 Å². The van der Waals surface area contributed by atoms with Gasteiger partial charge in [-0.1, -0.05) is 18.2 Å². The van der Waals surface area contributed by atoms with Gasteiger partial charge < -0.3 is 9.64 Å². The minimum Gasteiger partial charge on any atom is -0.489 e. The number of nitrogens with zero attached hydrogens (tertiary/aromatic N) is 4. The summed E-state index contributed by atoms with van der Waals surface area (Å²) < 4.78 is 6.01. The molecule has 1 fully saturated rings. The van der Waals surface area contributed by atoms with Gasteiger partial charge in [-0.2, -0.15) is 5.26 Å². The fourth-order valence-corrected chi connectivity index (χ4v) is 4.35. The highest BCUT2D eigenvalue weighted by Crippen LogP contribution is 2.35. The van der Waals surface area contributed by atoms with Crippen molar-refractivity contribution < 1.29 is 4.74 Å². The maximum Gasteiger partial charge on any atom is 0.122 e. The molecule has 0 aliphatic carbocycles. The van der Waals surface area contributed by atoms with Crippen LogP contribution in [-0.4, -0.2) is 23.1 Å². The van der Waals surface area contributed by atoms with E-state index in [9.17, 15) is 0 Å². The van der Waals surface area contributed by atoms with Gasteiger partial charge in [-0.15, -0.1) is 0 Å². The zero-order chi connectivity index (χ0) is 21.9. The lowest BCUT2D eigenvalue weighted by Gasteiger charge is -2.21. The topological polar surface area (TPSA) is 62.0 Å². The van der Waals surface area contributed by atoms with E-state index in [1.165, 1.54) is 11.4 Å². The summed E-state index contributed by atoms with van der Waals surface area (Å²) in [6.45, 7) is 4.47. The number of anilines is 1. The highest BCUT2D eigenvalue weighted by Gasteiger charge is 2.26. The normalized spacial score (nSPS) is 15.6. The Morgan fingerprint density at radius 2 is 1.97 bits per heavy atom. The van der Waals surface area contributed by atoms with E-state index < -0.39 is 0 Å². The molecule has 32 heavy (non-hydrogen) atoms. The third-order valence-corrected chi connectivity index (χ3v) is 6.01. The van der Waals surface area contributed by atoms with E-state index in [1.807, 2.05) is 55.6 Å². The lowest BCUT2D eigenvalue weighted by molar-refractivity contribution is 0.306. The summed E-state index contributed by atoms with van der Waals surface area (Å²) >= 11 is 0. The molecule has 4 aromatic rings. The maximum absolute atomic E-state index is 8.94. The van der Waals surface area contributed by atoms with E-state index in [2.05, 4.69) is 40.2 Å². The molecule has 1 aliphatic heterocycles. The Labute approximate surface area is 187 Å². The van der Waals surface area contributed by atoms with Crippen LogP contribution < -0.4 is 9.64 Å². The average Bonchev–Trinajstić information content (AvgIpc) is 3.33. The summed E-state index contributed by atoms with van der Waals surface area (Å²) in [5.41, 5.74) is 6.02. The van der Waals surface area contributed by atoms with Crippen molar-refractivity contribution >= 4 is 16.6 Å². The smallest absolute Gasteiger partial charge is 0.122 e. The van der Waals surface area contributed by atoms with Crippen molar-refractivity contribution in [3.8, 4) is 11.8 Å². The molecule has 5 rings (SSSR count). The number of ether oxygens (including phenoxy) is 1. The Hall–Kier alpha value is -3.91. The minimum atomic E-state index is 0.452.